The lowest BCUT2D eigenvalue weighted by atomic mass is 10.1. The molecule has 148 valence electrons. The van der Waals surface area contributed by atoms with Crippen LogP contribution in [0.3, 0.4) is 0 Å². The van der Waals surface area contributed by atoms with E-state index in [4.69, 9.17) is 4.74 Å². The summed E-state index contributed by atoms with van der Waals surface area (Å²) >= 11 is 1.12. The monoisotopic (exact) mass is 411 g/mol. The number of thioether (sulfide) groups is 1. The van der Waals surface area contributed by atoms with Crippen LogP contribution in [0.4, 0.5) is 18.9 Å². The number of carbonyl (C=O) groups excluding carboxylic acids is 3. The minimum absolute atomic E-state index is 0.0686. The van der Waals surface area contributed by atoms with Crippen LogP contribution in [0, 0.1) is 17.5 Å². The molecule has 0 aromatic heterocycles. The zero-order chi connectivity index (χ0) is 20.7. The first-order chi connectivity index (χ1) is 13.3. The first-order valence-corrected chi connectivity index (χ1v) is 9.08. The third-order valence-corrected chi connectivity index (χ3v) is 4.42. The predicted octanol–water partition coefficient (Wildman–Crippen LogP) is 3.97. The quantitative estimate of drug-likeness (QED) is 0.404. The maximum absolute atomic E-state index is 14.0. The van der Waals surface area contributed by atoms with Crippen LogP contribution in [0.25, 0.3) is 0 Å². The van der Waals surface area contributed by atoms with Crippen molar-refractivity contribution in [3.8, 4) is 0 Å². The lowest BCUT2D eigenvalue weighted by molar-refractivity contribution is -0.142. The van der Waals surface area contributed by atoms with Crippen molar-refractivity contribution < 1.29 is 32.3 Å². The number of halogens is 3. The second-order valence-corrected chi connectivity index (χ2v) is 6.80. The van der Waals surface area contributed by atoms with Gasteiger partial charge >= 0.3 is 5.97 Å². The number of amides is 1. The second-order valence-electron chi connectivity index (χ2n) is 5.63. The highest BCUT2D eigenvalue weighted by molar-refractivity contribution is 7.99. The van der Waals surface area contributed by atoms with Crippen molar-refractivity contribution in [1.82, 2.24) is 0 Å². The van der Waals surface area contributed by atoms with Crippen molar-refractivity contribution in [2.24, 2.45) is 0 Å². The van der Waals surface area contributed by atoms with Gasteiger partial charge in [0.1, 0.15) is 5.82 Å². The fourth-order valence-electron chi connectivity index (χ4n) is 2.14. The molecule has 5 nitrogen and oxygen atoms in total. The molecular formula is C19H16F3NO4S. The minimum atomic E-state index is -0.982. The van der Waals surface area contributed by atoms with Gasteiger partial charge in [-0.3, -0.25) is 14.4 Å². The Bertz CT molecular complexity index is 905. The van der Waals surface area contributed by atoms with Gasteiger partial charge in [-0.25, -0.2) is 13.2 Å². The maximum Gasteiger partial charge on any atom is 0.307 e. The summed E-state index contributed by atoms with van der Waals surface area (Å²) in [6, 6.07) is 6.93. The molecule has 0 fully saturated rings. The molecule has 0 aliphatic rings. The Morgan fingerprint density at radius 3 is 2.39 bits per heavy atom. The Morgan fingerprint density at radius 1 is 1.00 bits per heavy atom. The Hall–Kier alpha value is -2.81. The van der Waals surface area contributed by atoms with Crippen LogP contribution in [0.15, 0.2) is 41.3 Å². The van der Waals surface area contributed by atoms with Crippen molar-refractivity contribution in [2.45, 2.75) is 18.2 Å². The molecule has 0 spiro atoms. The van der Waals surface area contributed by atoms with Gasteiger partial charge in [-0.15, -0.1) is 11.8 Å². The molecule has 0 aliphatic heterocycles. The van der Waals surface area contributed by atoms with Crippen molar-refractivity contribution >= 4 is 35.1 Å². The van der Waals surface area contributed by atoms with Crippen molar-refractivity contribution in [2.75, 3.05) is 17.7 Å². The fourth-order valence-corrected chi connectivity index (χ4v) is 2.99. The van der Waals surface area contributed by atoms with Gasteiger partial charge in [-0.2, -0.15) is 0 Å². The summed E-state index contributed by atoms with van der Waals surface area (Å²) in [4.78, 5) is 35.1. The summed E-state index contributed by atoms with van der Waals surface area (Å²) in [5.41, 5.74) is -0.0640. The van der Waals surface area contributed by atoms with Crippen LogP contribution < -0.4 is 5.32 Å². The zero-order valence-corrected chi connectivity index (χ0v) is 15.6. The van der Waals surface area contributed by atoms with E-state index in [-0.39, 0.29) is 29.3 Å². The third kappa shape index (κ3) is 6.41. The number of nitrogens with one attached hydrogen (secondary N) is 1. The smallest absolute Gasteiger partial charge is 0.307 e. The molecule has 0 saturated carbocycles. The summed E-state index contributed by atoms with van der Waals surface area (Å²) in [6.45, 7) is 0.631. The van der Waals surface area contributed by atoms with Crippen molar-refractivity contribution in [1.29, 1.82) is 0 Å². The SMILES string of the molecule is CC(=O)Nc1ccc(C(=O)COC(=O)CCSc2ccc(F)c(F)c2)c(F)c1. The molecule has 0 bridgehead atoms. The zero-order valence-electron chi connectivity index (χ0n) is 14.8. The summed E-state index contributed by atoms with van der Waals surface area (Å²) in [5, 5.41) is 2.38. The van der Waals surface area contributed by atoms with Crippen molar-refractivity contribution in [3.05, 3.63) is 59.4 Å². The number of hydrogen-bond acceptors (Lipinski definition) is 5. The van der Waals surface area contributed by atoms with Crippen LogP contribution in [0.5, 0.6) is 0 Å². The normalized spacial score (nSPS) is 10.4. The number of ether oxygens (including phenoxy) is 1. The van der Waals surface area contributed by atoms with E-state index in [2.05, 4.69) is 5.32 Å². The maximum atomic E-state index is 14.0. The molecule has 0 unspecified atom stereocenters. The summed E-state index contributed by atoms with van der Waals surface area (Å²) in [5.74, 6) is -4.34. The molecule has 9 heteroatoms. The van der Waals surface area contributed by atoms with Gasteiger partial charge in [0, 0.05) is 23.3 Å². The van der Waals surface area contributed by atoms with E-state index >= 15 is 0 Å². The average Bonchev–Trinajstić information content (AvgIpc) is 2.62. The number of Topliss-reactive ketones (excluding diaryl/α,β-unsaturated/α-hetero) is 1. The number of ketones is 1. The van der Waals surface area contributed by atoms with E-state index in [0.29, 0.717) is 4.90 Å². The van der Waals surface area contributed by atoms with E-state index in [1.807, 2.05) is 0 Å². The van der Waals surface area contributed by atoms with Gasteiger partial charge in [0.25, 0.3) is 0 Å². The first kappa shape index (κ1) is 21.5. The highest BCUT2D eigenvalue weighted by Gasteiger charge is 2.15. The molecule has 28 heavy (non-hydrogen) atoms. The summed E-state index contributed by atoms with van der Waals surface area (Å²) < 4.78 is 44.7. The lowest BCUT2D eigenvalue weighted by Crippen LogP contribution is -2.16. The van der Waals surface area contributed by atoms with Crippen LogP contribution in [0.2, 0.25) is 0 Å². The van der Waals surface area contributed by atoms with E-state index in [1.54, 1.807) is 0 Å². The molecular weight excluding hydrogens is 395 g/mol. The molecule has 2 aromatic rings. The van der Waals surface area contributed by atoms with Crippen LogP contribution in [0.1, 0.15) is 23.7 Å². The Kier molecular flexibility index (Phi) is 7.62. The van der Waals surface area contributed by atoms with Gasteiger partial charge < -0.3 is 10.1 Å². The van der Waals surface area contributed by atoms with Gasteiger partial charge in [0.2, 0.25) is 11.7 Å². The van der Waals surface area contributed by atoms with E-state index in [1.165, 1.54) is 25.1 Å². The van der Waals surface area contributed by atoms with E-state index in [9.17, 15) is 27.6 Å². The number of rotatable bonds is 8. The first-order valence-electron chi connectivity index (χ1n) is 8.10. The lowest BCUT2D eigenvalue weighted by Gasteiger charge is -2.07. The number of anilines is 1. The highest BCUT2D eigenvalue weighted by atomic mass is 32.2. The summed E-state index contributed by atoms with van der Waals surface area (Å²) in [6.07, 6.45) is -0.0686. The standard InChI is InChI=1S/C19H16F3NO4S/c1-11(24)23-12-2-4-14(16(21)8-12)18(25)10-27-19(26)6-7-28-13-3-5-15(20)17(22)9-13/h2-5,8-9H,6-7,10H2,1H3,(H,23,24). The van der Waals surface area contributed by atoms with Gasteiger partial charge in [-0.1, -0.05) is 0 Å². The number of benzene rings is 2. The molecule has 0 atom stereocenters. The largest absolute Gasteiger partial charge is 0.457 e. The molecule has 0 aliphatic carbocycles. The molecule has 0 saturated heterocycles. The van der Waals surface area contributed by atoms with Crippen LogP contribution in [-0.4, -0.2) is 30.0 Å². The third-order valence-electron chi connectivity index (χ3n) is 3.42. The minimum Gasteiger partial charge on any atom is -0.457 e. The Balaban J connectivity index is 1.79. The van der Waals surface area contributed by atoms with Crippen LogP contribution >= 0.6 is 11.8 Å². The summed E-state index contributed by atoms with van der Waals surface area (Å²) in [7, 11) is 0. The Morgan fingerprint density at radius 2 is 1.75 bits per heavy atom. The molecule has 2 aromatic carbocycles. The van der Waals surface area contributed by atoms with Gasteiger partial charge in [0.05, 0.1) is 12.0 Å². The highest BCUT2D eigenvalue weighted by Crippen LogP contribution is 2.21. The molecule has 1 N–H and O–H groups in total. The molecule has 2 rings (SSSR count). The van der Waals surface area contributed by atoms with Crippen molar-refractivity contribution in [3.63, 3.8) is 0 Å². The van der Waals surface area contributed by atoms with Crippen LogP contribution in [-0.2, 0) is 14.3 Å². The molecule has 0 radical (unpaired) electrons. The predicted molar refractivity (Wildman–Crippen MR) is 97.7 cm³/mol. The average molecular weight is 411 g/mol. The number of esters is 1. The van der Waals surface area contributed by atoms with Gasteiger partial charge in [-0.05, 0) is 36.4 Å². The number of carbonyl (C=O) groups is 3. The van der Waals surface area contributed by atoms with E-state index in [0.717, 1.165) is 30.0 Å². The Labute approximate surface area is 163 Å². The topological polar surface area (TPSA) is 72.5 Å². The molecule has 0 heterocycles. The fraction of sp³-hybridized carbons (Fsp3) is 0.211. The second kappa shape index (κ2) is 9.93. The van der Waals surface area contributed by atoms with Gasteiger partial charge in [0.15, 0.2) is 18.2 Å². The number of hydrogen-bond donors (Lipinski definition) is 1. The van der Waals surface area contributed by atoms with E-state index < -0.39 is 35.8 Å². The molecule has 1 amide bonds.